The lowest BCUT2D eigenvalue weighted by molar-refractivity contribution is 0.0941. The van der Waals surface area contributed by atoms with Crippen LogP contribution in [0.4, 0.5) is 0 Å². The first-order chi connectivity index (χ1) is 16.6. The van der Waals surface area contributed by atoms with Crippen molar-refractivity contribution in [1.29, 1.82) is 0 Å². The molecule has 5 rings (SSSR count). The Morgan fingerprint density at radius 1 is 1.00 bits per heavy atom. The summed E-state index contributed by atoms with van der Waals surface area (Å²) in [6.07, 6.45) is 0. The summed E-state index contributed by atoms with van der Waals surface area (Å²) in [7, 11) is 1.97. The number of nitrogens with zero attached hydrogens (tertiary/aromatic N) is 3. The first-order valence-corrected chi connectivity index (χ1v) is 11.9. The number of imidazole rings is 1. The number of hydrogen-bond donors (Lipinski definition) is 1. The monoisotopic (exact) mass is 468 g/mol. The van der Waals surface area contributed by atoms with E-state index in [1.54, 1.807) is 35.6 Å². The first-order valence-electron chi connectivity index (χ1n) is 11.0. The van der Waals surface area contributed by atoms with Crippen LogP contribution >= 0.6 is 11.3 Å². The number of aryl methyl sites for hydroxylation is 2. The van der Waals surface area contributed by atoms with Crippen molar-refractivity contribution >= 4 is 28.3 Å². The summed E-state index contributed by atoms with van der Waals surface area (Å²) < 4.78 is 7.84. The van der Waals surface area contributed by atoms with E-state index in [4.69, 9.17) is 9.72 Å². The van der Waals surface area contributed by atoms with Crippen molar-refractivity contribution < 1.29 is 9.53 Å². The summed E-state index contributed by atoms with van der Waals surface area (Å²) >= 11 is 1.60. The van der Waals surface area contributed by atoms with Gasteiger partial charge >= 0.3 is 0 Å². The molecule has 0 saturated heterocycles. The topological polar surface area (TPSA) is 69.0 Å². The van der Waals surface area contributed by atoms with Crippen molar-refractivity contribution in [2.45, 2.75) is 19.6 Å². The minimum atomic E-state index is -0.394. The van der Waals surface area contributed by atoms with E-state index in [1.807, 2.05) is 78.5 Å². The van der Waals surface area contributed by atoms with Gasteiger partial charge in [-0.1, -0.05) is 42.5 Å². The van der Waals surface area contributed by atoms with E-state index in [0.717, 1.165) is 33.1 Å². The number of para-hydroxylation sites is 2. The lowest BCUT2D eigenvalue weighted by Gasteiger charge is -2.19. The molecule has 0 saturated carbocycles. The Kier molecular flexibility index (Phi) is 6.10. The molecule has 0 aliphatic carbocycles. The highest BCUT2D eigenvalue weighted by molar-refractivity contribution is 7.09. The molecule has 1 amide bonds. The molecule has 7 heteroatoms. The van der Waals surface area contributed by atoms with Crippen molar-refractivity contribution in [3.05, 3.63) is 112 Å². The van der Waals surface area contributed by atoms with Gasteiger partial charge in [0.2, 0.25) is 0 Å². The fraction of sp³-hybridized carbons (Fsp3) is 0.148. The number of amides is 1. The van der Waals surface area contributed by atoms with Gasteiger partial charge in [-0.2, -0.15) is 0 Å². The Labute approximate surface area is 201 Å². The van der Waals surface area contributed by atoms with E-state index < -0.39 is 6.04 Å². The second-order valence-electron chi connectivity index (χ2n) is 8.01. The molecule has 170 valence electrons. The number of carbonyl (C=O) groups excluding carboxylic acids is 1. The third kappa shape index (κ3) is 4.56. The normalized spacial score (nSPS) is 11.9. The molecule has 2 aromatic heterocycles. The second-order valence-corrected chi connectivity index (χ2v) is 9.07. The number of nitrogens with one attached hydrogen (secondary N) is 1. The number of carbonyl (C=O) groups is 1. The van der Waals surface area contributed by atoms with E-state index >= 15 is 0 Å². The number of fused-ring (bicyclic) bond motifs is 1. The average molecular weight is 469 g/mol. The van der Waals surface area contributed by atoms with Gasteiger partial charge < -0.3 is 14.6 Å². The first kappa shape index (κ1) is 21.9. The average Bonchev–Trinajstić information content (AvgIpc) is 3.44. The van der Waals surface area contributed by atoms with Crippen molar-refractivity contribution in [1.82, 2.24) is 19.9 Å². The van der Waals surface area contributed by atoms with Crippen LogP contribution < -0.4 is 10.1 Å². The molecule has 1 N–H and O–H groups in total. The molecule has 1 unspecified atom stereocenters. The lowest BCUT2D eigenvalue weighted by atomic mass is 10.1. The summed E-state index contributed by atoms with van der Waals surface area (Å²) in [5, 5.41) is 6.18. The molecule has 0 fully saturated rings. The van der Waals surface area contributed by atoms with Crippen LogP contribution in [-0.4, -0.2) is 20.4 Å². The third-order valence-corrected chi connectivity index (χ3v) is 6.48. The van der Waals surface area contributed by atoms with Crippen molar-refractivity contribution in [2.75, 3.05) is 0 Å². The third-order valence-electron chi connectivity index (χ3n) is 5.66. The molecule has 0 bridgehead atoms. The minimum Gasteiger partial charge on any atom is -0.487 e. The number of aromatic nitrogens is 3. The van der Waals surface area contributed by atoms with Gasteiger partial charge in [0.05, 0.1) is 21.7 Å². The van der Waals surface area contributed by atoms with E-state index in [1.165, 1.54) is 0 Å². The molecule has 6 nitrogen and oxygen atoms in total. The molecular weight excluding hydrogens is 444 g/mol. The maximum atomic E-state index is 13.2. The molecule has 0 aliphatic heterocycles. The van der Waals surface area contributed by atoms with Gasteiger partial charge in [-0.3, -0.25) is 4.79 Å². The number of rotatable bonds is 7. The number of hydrogen-bond acceptors (Lipinski definition) is 5. The zero-order valence-corrected chi connectivity index (χ0v) is 19.8. The molecule has 5 aromatic rings. The van der Waals surface area contributed by atoms with E-state index in [-0.39, 0.29) is 5.91 Å². The maximum absolute atomic E-state index is 13.2. The lowest BCUT2D eigenvalue weighted by Crippen LogP contribution is -2.31. The molecular formula is C27H24N4O2S. The predicted octanol–water partition coefficient (Wildman–Crippen LogP) is 5.44. The van der Waals surface area contributed by atoms with Gasteiger partial charge in [0.15, 0.2) is 0 Å². The summed E-state index contributed by atoms with van der Waals surface area (Å²) in [5.41, 5.74) is 4.33. The Morgan fingerprint density at radius 3 is 2.44 bits per heavy atom. The van der Waals surface area contributed by atoms with E-state index in [9.17, 15) is 4.79 Å². The molecule has 0 radical (unpaired) electrons. The van der Waals surface area contributed by atoms with Crippen LogP contribution in [0.25, 0.3) is 11.0 Å². The van der Waals surface area contributed by atoms with Crippen molar-refractivity contribution in [3.63, 3.8) is 0 Å². The highest BCUT2D eigenvalue weighted by atomic mass is 32.1. The van der Waals surface area contributed by atoms with Crippen LogP contribution in [0.1, 0.15) is 38.5 Å². The predicted molar refractivity (Wildman–Crippen MR) is 134 cm³/mol. The molecule has 34 heavy (non-hydrogen) atoms. The zero-order valence-electron chi connectivity index (χ0n) is 18.9. The molecule has 0 spiro atoms. The number of benzene rings is 3. The van der Waals surface area contributed by atoms with Crippen LogP contribution in [-0.2, 0) is 13.7 Å². The van der Waals surface area contributed by atoms with Crippen molar-refractivity contribution in [3.8, 4) is 5.75 Å². The molecule has 1 atom stereocenters. The van der Waals surface area contributed by atoms with Gasteiger partial charge in [0, 0.05) is 18.0 Å². The van der Waals surface area contributed by atoms with Gasteiger partial charge in [0.1, 0.15) is 24.2 Å². The maximum Gasteiger partial charge on any atom is 0.252 e. The standard InChI is InChI=1S/C27H24N4O2S/c1-18-28-21(17-34-18)16-33-22-14-12-20(13-15-22)27(32)30-25(19-8-4-3-5-9-19)26-29-23-10-6-7-11-24(23)31(26)2/h3-15,17,25H,16H2,1-2H3,(H,30,32). The largest absolute Gasteiger partial charge is 0.487 e. The Hall–Kier alpha value is -3.97. The highest BCUT2D eigenvalue weighted by Gasteiger charge is 2.23. The highest BCUT2D eigenvalue weighted by Crippen LogP contribution is 2.26. The molecule has 3 aromatic carbocycles. The fourth-order valence-electron chi connectivity index (χ4n) is 3.91. The van der Waals surface area contributed by atoms with Crippen LogP contribution in [0.5, 0.6) is 5.75 Å². The van der Waals surface area contributed by atoms with E-state index in [2.05, 4.69) is 10.3 Å². The Balaban J connectivity index is 1.37. The van der Waals surface area contributed by atoms with Crippen LogP contribution in [0.2, 0.25) is 0 Å². The molecule has 0 aliphatic rings. The van der Waals surface area contributed by atoms with Crippen LogP contribution in [0, 0.1) is 6.92 Å². The summed E-state index contributed by atoms with van der Waals surface area (Å²) in [6.45, 7) is 2.37. The number of thiazole rings is 1. The Bertz CT molecular complexity index is 1420. The van der Waals surface area contributed by atoms with Gasteiger partial charge in [0.25, 0.3) is 5.91 Å². The van der Waals surface area contributed by atoms with Crippen molar-refractivity contribution in [2.24, 2.45) is 7.05 Å². The Morgan fingerprint density at radius 2 is 1.74 bits per heavy atom. The second kappa shape index (κ2) is 9.49. The number of ether oxygens (including phenoxy) is 1. The quantitative estimate of drug-likeness (QED) is 0.346. The van der Waals surface area contributed by atoms with Crippen LogP contribution in [0.3, 0.4) is 0 Å². The van der Waals surface area contributed by atoms with Gasteiger partial charge in [-0.05, 0) is 48.9 Å². The smallest absolute Gasteiger partial charge is 0.252 e. The van der Waals surface area contributed by atoms with Gasteiger partial charge in [-0.25, -0.2) is 9.97 Å². The minimum absolute atomic E-state index is 0.178. The van der Waals surface area contributed by atoms with Crippen LogP contribution in [0.15, 0.2) is 84.2 Å². The molecule has 2 heterocycles. The van der Waals surface area contributed by atoms with Gasteiger partial charge in [-0.15, -0.1) is 11.3 Å². The zero-order chi connectivity index (χ0) is 23.5. The summed E-state index contributed by atoms with van der Waals surface area (Å²) in [6, 6.07) is 24.6. The summed E-state index contributed by atoms with van der Waals surface area (Å²) in [5.74, 6) is 1.29. The summed E-state index contributed by atoms with van der Waals surface area (Å²) in [4.78, 5) is 22.5. The SMILES string of the molecule is Cc1nc(COc2ccc(C(=O)NC(c3ccccc3)c3nc4ccccc4n3C)cc2)cs1. The van der Waals surface area contributed by atoms with E-state index in [0.29, 0.717) is 17.9 Å². The fourth-order valence-corrected chi connectivity index (χ4v) is 4.51.